The van der Waals surface area contributed by atoms with Crippen LogP contribution in [0, 0.1) is 0 Å². The highest BCUT2D eigenvalue weighted by atomic mass is 35.5. The van der Waals surface area contributed by atoms with E-state index in [1.165, 1.54) is 0 Å². The maximum absolute atomic E-state index is 12.3. The van der Waals surface area contributed by atoms with Crippen molar-refractivity contribution in [3.8, 4) is 11.5 Å². The molecule has 0 bridgehead atoms. The van der Waals surface area contributed by atoms with Crippen molar-refractivity contribution in [3.05, 3.63) is 99.0 Å². The highest BCUT2D eigenvalue weighted by Crippen LogP contribution is 2.38. The molecule has 5 nitrogen and oxygen atoms in total. The van der Waals surface area contributed by atoms with Gasteiger partial charge in [-0.3, -0.25) is 0 Å². The van der Waals surface area contributed by atoms with E-state index in [-0.39, 0.29) is 0 Å². The predicted molar refractivity (Wildman–Crippen MR) is 125 cm³/mol. The van der Waals surface area contributed by atoms with E-state index in [1.807, 2.05) is 49.4 Å². The normalized spacial score (nSPS) is 14.3. The number of carbonyl (C=O) groups excluding carboxylic acids is 1. The molecule has 0 fully saturated rings. The van der Waals surface area contributed by atoms with E-state index in [9.17, 15) is 4.79 Å². The molecule has 0 radical (unpaired) electrons. The number of benzene rings is 3. The van der Waals surface area contributed by atoms with Crippen LogP contribution in [0.5, 0.6) is 11.5 Å². The number of hydrogen-bond donors (Lipinski definition) is 0. The Labute approximate surface area is 195 Å². The van der Waals surface area contributed by atoms with E-state index in [1.54, 1.807) is 30.3 Å². The molecular weight excluding hydrogens is 449 g/mol. The average molecular weight is 468 g/mol. The van der Waals surface area contributed by atoms with Gasteiger partial charge in [0, 0.05) is 10.6 Å². The van der Waals surface area contributed by atoms with E-state index in [0.29, 0.717) is 51.6 Å². The first-order chi connectivity index (χ1) is 15.5. The smallest absolute Gasteiger partial charge is 0.368 e. The van der Waals surface area contributed by atoms with Crippen molar-refractivity contribution in [2.24, 2.45) is 5.16 Å². The standard InChI is InChI=1S/C25H19Cl2NO4/c1-2-30-22-14-17(12-20-23(28-32-25(20)29)18-6-4-3-5-7-18)13-21(27)24(22)31-15-16-8-10-19(26)11-9-16/h3-14H,2,15H2,1H3/b20-12-. The van der Waals surface area contributed by atoms with Gasteiger partial charge in [0.2, 0.25) is 0 Å². The second-order valence-corrected chi connectivity index (χ2v) is 7.76. The van der Waals surface area contributed by atoms with Gasteiger partial charge in [0.15, 0.2) is 11.5 Å². The van der Waals surface area contributed by atoms with Crippen LogP contribution in [-0.2, 0) is 16.2 Å². The molecule has 0 aliphatic carbocycles. The van der Waals surface area contributed by atoms with Gasteiger partial charge in [-0.2, -0.15) is 0 Å². The summed E-state index contributed by atoms with van der Waals surface area (Å²) in [5, 5.41) is 4.95. The summed E-state index contributed by atoms with van der Waals surface area (Å²) in [5.41, 5.74) is 3.19. The summed E-state index contributed by atoms with van der Waals surface area (Å²) in [5.74, 6) is 0.378. The molecule has 7 heteroatoms. The number of carbonyl (C=O) groups is 1. The second kappa shape index (κ2) is 9.90. The van der Waals surface area contributed by atoms with Crippen molar-refractivity contribution >= 4 is 41.0 Å². The first kappa shape index (κ1) is 21.9. The highest BCUT2D eigenvalue weighted by molar-refractivity contribution is 6.33. The summed E-state index contributed by atoms with van der Waals surface area (Å²) in [4.78, 5) is 17.2. The summed E-state index contributed by atoms with van der Waals surface area (Å²) < 4.78 is 11.7. The lowest BCUT2D eigenvalue weighted by molar-refractivity contribution is -0.136. The largest absolute Gasteiger partial charge is 0.490 e. The molecule has 4 rings (SSSR count). The van der Waals surface area contributed by atoms with Gasteiger partial charge in [-0.05, 0) is 48.4 Å². The van der Waals surface area contributed by atoms with Crippen molar-refractivity contribution in [1.29, 1.82) is 0 Å². The zero-order valence-electron chi connectivity index (χ0n) is 17.2. The Bertz CT molecular complexity index is 1190. The molecular formula is C25H19Cl2NO4. The van der Waals surface area contributed by atoms with Crippen LogP contribution in [0.25, 0.3) is 6.08 Å². The van der Waals surface area contributed by atoms with Crippen molar-refractivity contribution in [2.75, 3.05) is 6.61 Å². The van der Waals surface area contributed by atoms with E-state index < -0.39 is 5.97 Å². The first-order valence-electron chi connectivity index (χ1n) is 9.95. The first-order valence-corrected chi connectivity index (χ1v) is 10.7. The molecule has 0 spiro atoms. The Balaban J connectivity index is 1.64. The van der Waals surface area contributed by atoms with Crippen molar-refractivity contribution in [1.82, 2.24) is 0 Å². The lowest BCUT2D eigenvalue weighted by Gasteiger charge is -2.15. The van der Waals surface area contributed by atoms with Crippen molar-refractivity contribution in [2.45, 2.75) is 13.5 Å². The molecule has 0 amide bonds. The van der Waals surface area contributed by atoms with E-state index in [2.05, 4.69) is 5.16 Å². The molecule has 3 aromatic carbocycles. The summed E-state index contributed by atoms with van der Waals surface area (Å²) in [6, 6.07) is 20.2. The zero-order valence-corrected chi connectivity index (χ0v) is 18.7. The minimum Gasteiger partial charge on any atom is -0.490 e. The molecule has 1 heterocycles. The van der Waals surface area contributed by atoms with Gasteiger partial charge in [0.05, 0.1) is 17.2 Å². The molecule has 0 unspecified atom stereocenters. The molecule has 162 valence electrons. The molecule has 0 saturated heterocycles. The van der Waals surface area contributed by atoms with Gasteiger partial charge in [-0.25, -0.2) is 4.79 Å². The monoisotopic (exact) mass is 467 g/mol. The predicted octanol–water partition coefficient (Wildman–Crippen LogP) is 6.32. The Morgan fingerprint density at radius 1 is 1.00 bits per heavy atom. The maximum atomic E-state index is 12.3. The van der Waals surface area contributed by atoms with Crippen LogP contribution in [0.2, 0.25) is 10.0 Å². The number of oxime groups is 1. The molecule has 3 aromatic rings. The van der Waals surface area contributed by atoms with Crippen LogP contribution < -0.4 is 9.47 Å². The van der Waals surface area contributed by atoms with Gasteiger partial charge in [-0.1, -0.05) is 70.8 Å². The Morgan fingerprint density at radius 3 is 2.47 bits per heavy atom. The van der Waals surface area contributed by atoms with Crippen LogP contribution in [0.1, 0.15) is 23.6 Å². The minimum absolute atomic E-state index is 0.300. The summed E-state index contributed by atoms with van der Waals surface area (Å²) >= 11 is 12.5. The second-order valence-electron chi connectivity index (χ2n) is 6.92. The third-order valence-electron chi connectivity index (χ3n) is 4.68. The molecule has 1 aliphatic heterocycles. The molecule has 0 N–H and O–H groups in total. The molecule has 32 heavy (non-hydrogen) atoms. The SMILES string of the molecule is CCOc1cc(/C=C2\C(=O)ON=C2c2ccccc2)cc(Cl)c1OCc1ccc(Cl)cc1. The van der Waals surface area contributed by atoms with Crippen LogP contribution >= 0.6 is 23.2 Å². The Morgan fingerprint density at radius 2 is 1.75 bits per heavy atom. The number of ether oxygens (including phenoxy) is 2. The molecule has 1 aliphatic rings. The van der Waals surface area contributed by atoms with E-state index >= 15 is 0 Å². The lowest BCUT2D eigenvalue weighted by Crippen LogP contribution is -2.07. The fraction of sp³-hybridized carbons (Fsp3) is 0.120. The molecule has 0 atom stereocenters. The van der Waals surface area contributed by atoms with Gasteiger partial charge < -0.3 is 14.3 Å². The number of hydrogen-bond acceptors (Lipinski definition) is 5. The molecule has 0 saturated carbocycles. The van der Waals surface area contributed by atoms with Crippen molar-refractivity contribution in [3.63, 3.8) is 0 Å². The summed E-state index contributed by atoms with van der Waals surface area (Å²) in [7, 11) is 0. The van der Waals surface area contributed by atoms with E-state index in [4.69, 9.17) is 37.5 Å². The summed E-state index contributed by atoms with van der Waals surface area (Å²) in [6.45, 7) is 2.59. The maximum Gasteiger partial charge on any atom is 0.368 e. The number of rotatable bonds is 7. The van der Waals surface area contributed by atoms with Gasteiger partial charge in [0.1, 0.15) is 12.3 Å². The quantitative estimate of drug-likeness (QED) is 0.301. The van der Waals surface area contributed by atoms with Crippen LogP contribution in [0.4, 0.5) is 0 Å². The third-order valence-corrected chi connectivity index (χ3v) is 5.21. The van der Waals surface area contributed by atoms with Gasteiger partial charge >= 0.3 is 5.97 Å². The Hall–Kier alpha value is -3.28. The van der Waals surface area contributed by atoms with Crippen molar-refractivity contribution < 1.29 is 19.1 Å². The molecule has 0 aromatic heterocycles. The fourth-order valence-corrected chi connectivity index (χ4v) is 3.59. The lowest BCUT2D eigenvalue weighted by atomic mass is 10.0. The topological polar surface area (TPSA) is 57.1 Å². The minimum atomic E-state index is -0.527. The van der Waals surface area contributed by atoms with Crippen LogP contribution in [-0.4, -0.2) is 18.3 Å². The van der Waals surface area contributed by atoms with Crippen LogP contribution in [0.3, 0.4) is 0 Å². The number of halogens is 2. The average Bonchev–Trinajstić information content (AvgIpc) is 3.15. The van der Waals surface area contributed by atoms with Crippen LogP contribution in [0.15, 0.2) is 77.5 Å². The highest BCUT2D eigenvalue weighted by Gasteiger charge is 2.27. The zero-order chi connectivity index (χ0) is 22.5. The fourth-order valence-electron chi connectivity index (χ4n) is 3.19. The van der Waals surface area contributed by atoms with Gasteiger partial charge in [-0.15, -0.1) is 0 Å². The van der Waals surface area contributed by atoms with Gasteiger partial charge in [0.25, 0.3) is 0 Å². The third kappa shape index (κ3) is 4.96. The Kier molecular flexibility index (Phi) is 6.78. The number of nitrogens with zero attached hydrogens (tertiary/aromatic N) is 1. The van der Waals surface area contributed by atoms with E-state index in [0.717, 1.165) is 11.1 Å². The summed E-state index contributed by atoms with van der Waals surface area (Å²) in [6.07, 6.45) is 1.68.